The van der Waals surface area contributed by atoms with E-state index in [9.17, 15) is 4.79 Å². The number of nitrogens with two attached hydrogens (primary N) is 1. The Labute approximate surface area is 84.1 Å². The van der Waals surface area contributed by atoms with Crippen molar-refractivity contribution in [3.63, 3.8) is 0 Å². The Kier molecular flexibility index (Phi) is 6.16. The Morgan fingerprint density at radius 2 is 2.15 bits per heavy atom. The highest BCUT2D eigenvalue weighted by molar-refractivity contribution is 7.99. The molecule has 0 spiro atoms. The number of carboxylic acid groups (broad SMARTS) is 1. The van der Waals surface area contributed by atoms with E-state index in [-0.39, 0.29) is 5.92 Å². The summed E-state index contributed by atoms with van der Waals surface area (Å²) < 4.78 is 0. The topological polar surface area (TPSA) is 63.3 Å². The van der Waals surface area contributed by atoms with Crippen LogP contribution in [0.4, 0.5) is 0 Å². The molecule has 0 amide bonds. The smallest absolute Gasteiger partial charge is 0.320 e. The van der Waals surface area contributed by atoms with E-state index in [0.717, 1.165) is 12.8 Å². The Balaban J connectivity index is 3.97. The normalized spacial score (nSPS) is 17.8. The van der Waals surface area contributed by atoms with Gasteiger partial charge in [0, 0.05) is 5.25 Å². The van der Waals surface area contributed by atoms with E-state index in [1.807, 2.05) is 13.2 Å². The SMILES string of the molecule is CCC(CC(C)[C@H](N)C(=O)O)SC. The highest BCUT2D eigenvalue weighted by atomic mass is 32.2. The van der Waals surface area contributed by atoms with Crippen molar-refractivity contribution >= 4 is 17.7 Å². The number of aliphatic carboxylic acids is 1. The maximum Gasteiger partial charge on any atom is 0.320 e. The second-order valence-corrected chi connectivity index (χ2v) is 4.48. The number of rotatable bonds is 6. The lowest BCUT2D eigenvalue weighted by molar-refractivity contribution is -0.139. The van der Waals surface area contributed by atoms with Crippen LogP contribution in [0.25, 0.3) is 0 Å². The van der Waals surface area contributed by atoms with Gasteiger partial charge in [0.05, 0.1) is 0 Å². The fraction of sp³-hybridized carbons (Fsp3) is 0.889. The lowest BCUT2D eigenvalue weighted by Gasteiger charge is -2.20. The number of hydrogen-bond acceptors (Lipinski definition) is 3. The largest absolute Gasteiger partial charge is 0.480 e. The van der Waals surface area contributed by atoms with Crippen molar-refractivity contribution in [2.75, 3.05) is 6.26 Å². The molecule has 0 aromatic rings. The monoisotopic (exact) mass is 205 g/mol. The molecule has 0 aliphatic rings. The van der Waals surface area contributed by atoms with Crippen LogP contribution in [-0.4, -0.2) is 28.6 Å². The third-order valence-electron chi connectivity index (χ3n) is 2.32. The number of hydrogen-bond donors (Lipinski definition) is 2. The molecule has 0 bridgehead atoms. The van der Waals surface area contributed by atoms with Gasteiger partial charge in [-0.25, -0.2) is 0 Å². The molecule has 0 aromatic carbocycles. The van der Waals surface area contributed by atoms with Crippen LogP contribution >= 0.6 is 11.8 Å². The molecule has 78 valence electrons. The molecule has 4 heteroatoms. The molecule has 0 heterocycles. The van der Waals surface area contributed by atoms with Gasteiger partial charge in [-0.15, -0.1) is 0 Å². The first-order chi connectivity index (χ1) is 6.02. The molecule has 0 saturated heterocycles. The van der Waals surface area contributed by atoms with E-state index in [1.165, 1.54) is 0 Å². The van der Waals surface area contributed by atoms with Crippen LogP contribution in [0, 0.1) is 5.92 Å². The van der Waals surface area contributed by atoms with Crippen molar-refractivity contribution in [2.45, 2.75) is 38.0 Å². The molecule has 2 unspecified atom stereocenters. The number of carbonyl (C=O) groups is 1. The second kappa shape index (κ2) is 6.27. The zero-order valence-electron chi connectivity index (χ0n) is 8.49. The fourth-order valence-corrected chi connectivity index (χ4v) is 2.06. The van der Waals surface area contributed by atoms with E-state index in [4.69, 9.17) is 10.8 Å². The average Bonchev–Trinajstić information content (AvgIpc) is 2.12. The summed E-state index contributed by atoms with van der Waals surface area (Å²) in [6.07, 6.45) is 4.00. The van der Waals surface area contributed by atoms with Crippen molar-refractivity contribution in [3.05, 3.63) is 0 Å². The lowest BCUT2D eigenvalue weighted by Crippen LogP contribution is -2.37. The van der Waals surface area contributed by atoms with Gasteiger partial charge in [0.1, 0.15) is 6.04 Å². The van der Waals surface area contributed by atoms with Gasteiger partial charge in [-0.1, -0.05) is 13.8 Å². The van der Waals surface area contributed by atoms with Crippen molar-refractivity contribution in [1.29, 1.82) is 0 Å². The minimum absolute atomic E-state index is 0.0508. The van der Waals surface area contributed by atoms with E-state index < -0.39 is 12.0 Å². The number of carboxylic acids is 1. The van der Waals surface area contributed by atoms with Gasteiger partial charge in [0.15, 0.2) is 0 Å². The van der Waals surface area contributed by atoms with Gasteiger partial charge in [-0.05, 0) is 25.0 Å². The zero-order valence-corrected chi connectivity index (χ0v) is 9.30. The summed E-state index contributed by atoms with van der Waals surface area (Å²) in [6, 6.07) is -0.721. The first kappa shape index (κ1) is 12.8. The van der Waals surface area contributed by atoms with Gasteiger partial charge < -0.3 is 10.8 Å². The Hall–Kier alpha value is -0.220. The van der Waals surface area contributed by atoms with Crippen molar-refractivity contribution < 1.29 is 9.90 Å². The molecular weight excluding hydrogens is 186 g/mol. The van der Waals surface area contributed by atoms with Gasteiger partial charge in [-0.3, -0.25) is 4.79 Å². The molecule has 13 heavy (non-hydrogen) atoms. The van der Waals surface area contributed by atoms with Crippen molar-refractivity contribution in [3.8, 4) is 0 Å². The molecule has 3 N–H and O–H groups in total. The molecule has 0 rings (SSSR count). The van der Waals surface area contributed by atoms with Crippen LogP contribution in [0.15, 0.2) is 0 Å². The molecule has 0 radical (unpaired) electrons. The Bertz CT molecular complexity index is 160. The van der Waals surface area contributed by atoms with Gasteiger partial charge in [-0.2, -0.15) is 11.8 Å². The first-order valence-corrected chi connectivity index (χ1v) is 5.82. The third-order valence-corrected chi connectivity index (χ3v) is 3.51. The van der Waals surface area contributed by atoms with E-state index in [1.54, 1.807) is 11.8 Å². The third kappa shape index (κ3) is 4.52. The molecule has 3 nitrogen and oxygen atoms in total. The van der Waals surface area contributed by atoms with Crippen molar-refractivity contribution in [2.24, 2.45) is 11.7 Å². The average molecular weight is 205 g/mol. The van der Waals surface area contributed by atoms with Crippen molar-refractivity contribution in [1.82, 2.24) is 0 Å². The lowest BCUT2D eigenvalue weighted by atomic mass is 9.96. The number of thioether (sulfide) groups is 1. The van der Waals surface area contributed by atoms with Gasteiger partial charge in [0.2, 0.25) is 0 Å². The van der Waals surface area contributed by atoms with Gasteiger partial charge in [0.25, 0.3) is 0 Å². The van der Waals surface area contributed by atoms with Crippen LogP contribution in [0.2, 0.25) is 0 Å². The molecule has 0 saturated carbocycles. The van der Waals surface area contributed by atoms with Crippen LogP contribution in [0.1, 0.15) is 26.7 Å². The summed E-state index contributed by atoms with van der Waals surface area (Å²) in [7, 11) is 0. The summed E-state index contributed by atoms with van der Waals surface area (Å²) in [5.74, 6) is -0.849. The quantitative estimate of drug-likeness (QED) is 0.691. The van der Waals surface area contributed by atoms with E-state index in [2.05, 4.69) is 6.92 Å². The fourth-order valence-electron chi connectivity index (χ4n) is 1.23. The first-order valence-electron chi connectivity index (χ1n) is 4.54. The minimum Gasteiger partial charge on any atom is -0.480 e. The van der Waals surface area contributed by atoms with Crippen LogP contribution < -0.4 is 5.73 Å². The summed E-state index contributed by atoms with van der Waals surface area (Å²) in [5, 5.41) is 9.21. The maximum atomic E-state index is 10.6. The van der Waals surface area contributed by atoms with Crippen LogP contribution in [0.3, 0.4) is 0 Å². The molecule has 3 atom stereocenters. The molecule has 0 aliphatic heterocycles. The summed E-state index contributed by atoms with van der Waals surface area (Å²) >= 11 is 1.78. The van der Waals surface area contributed by atoms with Crippen LogP contribution in [0.5, 0.6) is 0 Å². The minimum atomic E-state index is -0.900. The summed E-state index contributed by atoms with van der Waals surface area (Å²) in [5.41, 5.74) is 5.51. The highest BCUT2D eigenvalue weighted by Gasteiger charge is 2.22. The highest BCUT2D eigenvalue weighted by Crippen LogP contribution is 2.21. The molecule has 0 aliphatic carbocycles. The zero-order chi connectivity index (χ0) is 10.4. The maximum absolute atomic E-state index is 10.6. The summed E-state index contributed by atoms with van der Waals surface area (Å²) in [4.78, 5) is 10.6. The molecule has 0 aromatic heterocycles. The van der Waals surface area contributed by atoms with Crippen LogP contribution in [-0.2, 0) is 4.79 Å². The Morgan fingerprint density at radius 1 is 1.62 bits per heavy atom. The van der Waals surface area contributed by atoms with E-state index >= 15 is 0 Å². The van der Waals surface area contributed by atoms with E-state index in [0.29, 0.717) is 5.25 Å². The summed E-state index contributed by atoms with van der Waals surface area (Å²) in [6.45, 7) is 4.01. The predicted octanol–water partition coefficient (Wildman–Crippen LogP) is 1.57. The van der Waals surface area contributed by atoms with Gasteiger partial charge >= 0.3 is 5.97 Å². The molecular formula is C9H19NO2S. The second-order valence-electron chi connectivity index (χ2n) is 3.34. The standard InChI is InChI=1S/C9H19NO2S/c1-4-7(13-3)5-6(2)8(10)9(11)12/h6-8H,4-5,10H2,1-3H3,(H,11,12)/t6?,7?,8-/m0/s1. The Morgan fingerprint density at radius 3 is 2.46 bits per heavy atom. The molecule has 0 fully saturated rings. The predicted molar refractivity (Wildman–Crippen MR) is 57.0 cm³/mol.